The van der Waals surface area contributed by atoms with Crippen LogP contribution in [-0.2, 0) is 0 Å². The molecular weight excluding hydrogens is 334 g/mol. The first-order chi connectivity index (χ1) is 12.8. The molecule has 0 unspecified atom stereocenters. The maximum Gasteiger partial charge on any atom is 0.231 e. The standard InChI is InChI=1S/C20H23NO5/c1-2-3-8-21-19(13-4-6-15-17(9-13)25-11-23-15)20(22)14-5-7-16-18(10-14)26-12-24-16/h4-7,9-10,19-22H,2-3,8,11-12H2,1H3/t19-,20+/m1/s1. The lowest BCUT2D eigenvalue weighted by Gasteiger charge is -2.25. The van der Waals surface area contributed by atoms with Crippen molar-refractivity contribution < 1.29 is 24.1 Å². The fraction of sp³-hybridized carbons (Fsp3) is 0.400. The highest BCUT2D eigenvalue weighted by Gasteiger charge is 2.26. The topological polar surface area (TPSA) is 69.2 Å². The molecule has 2 aliphatic rings. The van der Waals surface area contributed by atoms with Gasteiger partial charge in [0.25, 0.3) is 0 Å². The van der Waals surface area contributed by atoms with Gasteiger partial charge in [0, 0.05) is 0 Å². The predicted molar refractivity (Wildman–Crippen MR) is 95.7 cm³/mol. The van der Waals surface area contributed by atoms with Crippen molar-refractivity contribution in [2.75, 3.05) is 20.1 Å². The molecule has 0 bridgehead atoms. The first-order valence-electron chi connectivity index (χ1n) is 8.97. The zero-order chi connectivity index (χ0) is 17.9. The van der Waals surface area contributed by atoms with E-state index in [0.29, 0.717) is 17.2 Å². The zero-order valence-electron chi connectivity index (χ0n) is 14.7. The average molecular weight is 357 g/mol. The number of hydrogen-bond acceptors (Lipinski definition) is 6. The predicted octanol–water partition coefficient (Wildman–Crippen LogP) is 3.31. The molecule has 0 amide bonds. The van der Waals surface area contributed by atoms with E-state index in [1.807, 2.05) is 36.4 Å². The fourth-order valence-electron chi connectivity index (χ4n) is 3.24. The van der Waals surface area contributed by atoms with E-state index in [-0.39, 0.29) is 19.6 Å². The molecule has 26 heavy (non-hydrogen) atoms. The van der Waals surface area contributed by atoms with E-state index in [1.54, 1.807) is 0 Å². The van der Waals surface area contributed by atoms with E-state index in [1.165, 1.54) is 0 Å². The summed E-state index contributed by atoms with van der Waals surface area (Å²) in [6.07, 6.45) is 1.39. The monoisotopic (exact) mass is 357 g/mol. The highest BCUT2D eigenvalue weighted by atomic mass is 16.7. The summed E-state index contributed by atoms with van der Waals surface area (Å²) in [5.74, 6) is 2.82. The van der Waals surface area contributed by atoms with Crippen LogP contribution in [-0.4, -0.2) is 25.2 Å². The summed E-state index contributed by atoms with van der Waals surface area (Å²) in [6, 6.07) is 11.1. The van der Waals surface area contributed by atoms with Gasteiger partial charge in [-0.2, -0.15) is 0 Å². The zero-order valence-corrected chi connectivity index (χ0v) is 14.7. The van der Waals surface area contributed by atoms with Gasteiger partial charge in [0.2, 0.25) is 13.6 Å². The Morgan fingerprint density at radius 3 is 2.12 bits per heavy atom. The number of ether oxygens (including phenoxy) is 4. The smallest absolute Gasteiger partial charge is 0.231 e. The molecule has 6 heteroatoms. The lowest BCUT2D eigenvalue weighted by atomic mass is 9.95. The van der Waals surface area contributed by atoms with E-state index < -0.39 is 6.10 Å². The highest BCUT2D eigenvalue weighted by molar-refractivity contribution is 5.48. The Kier molecular flexibility index (Phi) is 4.86. The van der Waals surface area contributed by atoms with Gasteiger partial charge in [0.15, 0.2) is 23.0 Å². The second-order valence-electron chi connectivity index (χ2n) is 6.46. The number of benzene rings is 2. The highest BCUT2D eigenvalue weighted by Crippen LogP contribution is 2.40. The Morgan fingerprint density at radius 2 is 1.46 bits per heavy atom. The number of unbranched alkanes of at least 4 members (excludes halogenated alkanes) is 1. The number of rotatable bonds is 7. The molecule has 138 valence electrons. The van der Waals surface area contributed by atoms with Crippen LogP contribution in [0.2, 0.25) is 0 Å². The molecule has 6 nitrogen and oxygen atoms in total. The molecule has 2 atom stereocenters. The first kappa shape index (κ1) is 17.0. The lowest BCUT2D eigenvalue weighted by molar-refractivity contribution is 0.128. The summed E-state index contributed by atoms with van der Waals surface area (Å²) in [6.45, 7) is 3.41. The van der Waals surface area contributed by atoms with E-state index in [9.17, 15) is 5.11 Å². The SMILES string of the molecule is CCCCN[C@H](c1ccc2c(c1)OCO2)[C@@H](O)c1ccc2c(c1)OCO2. The van der Waals surface area contributed by atoms with Crippen molar-refractivity contribution in [1.82, 2.24) is 5.32 Å². The van der Waals surface area contributed by atoms with Crippen LogP contribution >= 0.6 is 0 Å². The van der Waals surface area contributed by atoms with Gasteiger partial charge in [-0.3, -0.25) is 0 Å². The average Bonchev–Trinajstić information content (AvgIpc) is 3.32. The Balaban J connectivity index is 1.61. The van der Waals surface area contributed by atoms with E-state index in [2.05, 4.69) is 12.2 Å². The molecule has 2 heterocycles. The van der Waals surface area contributed by atoms with Gasteiger partial charge < -0.3 is 29.4 Å². The van der Waals surface area contributed by atoms with Crippen molar-refractivity contribution in [2.45, 2.75) is 31.9 Å². The molecule has 0 aliphatic carbocycles. The Labute approximate surface area is 152 Å². The summed E-state index contributed by atoms with van der Waals surface area (Å²) in [5.41, 5.74) is 1.73. The number of nitrogens with one attached hydrogen (secondary N) is 1. The van der Waals surface area contributed by atoms with E-state index >= 15 is 0 Å². The molecular formula is C20H23NO5. The summed E-state index contributed by atoms with van der Waals surface area (Å²) in [5, 5.41) is 14.6. The van der Waals surface area contributed by atoms with Crippen LogP contribution < -0.4 is 24.3 Å². The molecule has 2 aromatic carbocycles. The van der Waals surface area contributed by atoms with E-state index in [4.69, 9.17) is 18.9 Å². The van der Waals surface area contributed by atoms with Gasteiger partial charge >= 0.3 is 0 Å². The van der Waals surface area contributed by atoms with Crippen molar-refractivity contribution >= 4 is 0 Å². The van der Waals surface area contributed by atoms with Crippen LogP contribution in [0.1, 0.15) is 43.0 Å². The molecule has 0 fully saturated rings. The maximum atomic E-state index is 11.1. The number of aliphatic hydroxyl groups excluding tert-OH is 1. The normalized spacial score (nSPS) is 16.5. The molecule has 4 rings (SSSR count). The van der Waals surface area contributed by atoms with Crippen LogP contribution in [0.25, 0.3) is 0 Å². The summed E-state index contributed by atoms with van der Waals surface area (Å²) < 4.78 is 21.7. The summed E-state index contributed by atoms with van der Waals surface area (Å²) in [4.78, 5) is 0. The second-order valence-corrected chi connectivity index (χ2v) is 6.46. The molecule has 0 aromatic heterocycles. The van der Waals surface area contributed by atoms with Crippen LogP contribution in [0, 0.1) is 0 Å². The molecule has 0 radical (unpaired) electrons. The Hall–Kier alpha value is -2.44. The minimum Gasteiger partial charge on any atom is -0.454 e. The second kappa shape index (κ2) is 7.43. The number of fused-ring (bicyclic) bond motifs is 2. The van der Waals surface area contributed by atoms with Gasteiger partial charge in [-0.25, -0.2) is 0 Å². The van der Waals surface area contributed by atoms with Gasteiger partial charge in [-0.1, -0.05) is 25.5 Å². The molecule has 0 saturated carbocycles. The molecule has 2 aromatic rings. The third kappa shape index (κ3) is 3.30. The van der Waals surface area contributed by atoms with Crippen molar-refractivity contribution in [2.24, 2.45) is 0 Å². The molecule has 2 N–H and O–H groups in total. The number of hydrogen-bond donors (Lipinski definition) is 2. The lowest BCUT2D eigenvalue weighted by Crippen LogP contribution is -2.28. The summed E-state index contributed by atoms with van der Waals surface area (Å²) in [7, 11) is 0. The largest absolute Gasteiger partial charge is 0.454 e. The minimum absolute atomic E-state index is 0.217. The van der Waals surface area contributed by atoms with Crippen LogP contribution in [0.4, 0.5) is 0 Å². The third-order valence-electron chi connectivity index (χ3n) is 4.70. The van der Waals surface area contributed by atoms with Gasteiger partial charge in [-0.05, 0) is 48.4 Å². The van der Waals surface area contributed by atoms with Gasteiger partial charge in [-0.15, -0.1) is 0 Å². The first-order valence-corrected chi connectivity index (χ1v) is 8.97. The van der Waals surface area contributed by atoms with Crippen LogP contribution in [0.5, 0.6) is 23.0 Å². The minimum atomic E-state index is -0.735. The van der Waals surface area contributed by atoms with Crippen molar-refractivity contribution in [1.29, 1.82) is 0 Å². The summed E-state index contributed by atoms with van der Waals surface area (Å²) >= 11 is 0. The Morgan fingerprint density at radius 1 is 0.885 bits per heavy atom. The molecule has 2 aliphatic heterocycles. The van der Waals surface area contributed by atoms with Crippen LogP contribution in [0.15, 0.2) is 36.4 Å². The molecule has 0 spiro atoms. The van der Waals surface area contributed by atoms with Crippen molar-refractivity contribution in [3.63, 3.8) is 0 Å². The van der Waals surface area contributed by atoms with Crippen molar-refractivity contribution in [3.05, 3.63) is 47.5 Å². The Bertz CT molecular complexity index is 779. The quantitative estimate of drug-likeness (QED) is 0.741. The van der Waals surface area contributed by atoms with Gasteiger partial charge in [0.05, 0.1) is 12.1 Å². The van der Waals surface area contributed by atoms with Crippen molar-refractivity contribution in [3.8, 4) is 23.0 Å². The third-order valence-corrected chi connectivity index (χ3v) is 4.70. The van der Waals surface area contributed by atoms with E-state index in [0.717, 1.165) is 36.3 Å². The molecule has 0 saturated heterocycles. The fourth-order valence-corrected chi connectivity index (χ4v) is 3.24. The number of aliphatic hydroxyl groups is 1. The van der Waals surface area contributed by atoms with Crippen LogP contribution in [0.3, 0.4) is 0 Å². The maximum absolute atomic E-state index is 11.1. The van der Waals surface area contributed by atoms with Gasteiger partial charge in [0.1, 0.15) is 0 Å².